The molecule has 0 aromatic heterocycles. The van der Waals surface area contributed by atoms with Crippen LogP contribution in [0.2, 0.25) is 0 Å². The summed E-state index contributed by atoms with van der Waals surface area (Å²) in [5.41, 5.74) is 1.74. The highest BCUT2D eigenvalue weighted by Crippen LogP contribution is 2.08. The largest absolute Gasteiger partial charge is 0.450 e. The number of carbonyl (C=O) groups is 2. The number of amides is 2. The first-order chi connectivity index (χ1) is 13.6. The number of ether oxygens (including phenoxy) is 1. The van der Waals surface area contributed by atoms with Crippen molar-refractivity contribution in [3.8, 4) is 0 Å². The van der Waals surface area contributed by atoms with Gasteiger partial charge in [-0.05, 0) is 38.0 Å². The molecular formula is C20H31N5O3. The van der Waals surface area contributed by atoms with Crippen molar-refractivity contribution < 1.29 is 14.3 Å². The van der Waals surface area contributed by atoms with Gasteiger partial charge in [-0.1, -0.05) is 12.1 Å². The van der Waals surface area contributed by atoms with E-state index < -0.39 is 0 Å². The summed E-state index contributed by atoms with van der Waals surface area (Å²) < 4.78 is 5.07. The third-order valence-corrected chi connectivity index (χ3v) is 4.52. The SMILES string of the molecule is CCNC(=NCCc1cccc(C(=O)NC)c1)N1CCN(C(=O)OCC)CC1. The summed E-state index contributed by atoms with van der Waals surface area (Å²) in [6.07, 6.45) is 0.503. The topological polar surface area (TPSA) is 86.3 Å². The monoisotopic (exact) mass is 389 g/mol. The van der Waals surface area contributed by atoms with Crippen LogP contribution in [0.5, 0.6) is 0 Å². The van der Waals surface area contributed by atoms with E-state index in [4.69, 9.17) is 9.73 Å². The normalized spacial score (nSPS) is 14.6. The third kappa shape index (κ3) is 6.14. The van der Waals surface area contributed by atoms with Crippen molar-refractivity contribution in [2.24, 2.45) is 4.99 Å². The zero-order valence-electron chi connectivity index (χ0n) is 17.0. The minimum absolute atomic E-state index is 0.0850. The maximum atomic E-state index is 11.8. The predicted molar refractivity (Wildman–Crippen MR) is 110 cm³/mol. The molecule has 1 aromatic rings. The zero-order valence-corrected chi connectivity index (χ0v) is 17.0. The summed E-state index contributed by atoms with van der Waals surface area (Å²) in [5, 5.41) is 5.97. The van der Waals surface area contributed by atoms with Crippen molar-refractivity contribution in [1.82, 2.24) is 20.4 Å². The van der Waals surface area contributed by atoms with E-state index in [9.17, 15) is 9.59 Å². The molecule has 1 heterocycles. The summed E-state index contributed by atoms with van der Waals surface area (Å²) in [4.78, 5) is 32.2. The second kappa shape index (κ2) is 11.2. The summed E-state index contributed by atoms with van der Waals surface area (Å²) in [6.45, 7) is 8.33. The van der Waals surface area contributed by atoms with Crippen molar-refractivity contribution >= 4 is 18.0 Å². The summed E-state index contributed by atoms with van der Waals surface area (Å²) >= 11 is 0. The van der Waals surface area contributed by atoms with Crippen LogP contribution in [-0.4, -0.2) is 80.7 Å². The number of carbonyl (C=O) groups excluding carboxylic acids is 2. The molecule has 0 spiro atoms. The summed E-state index contributed by atoms with van der Waals surface area (Å²) in [5.74, 6) is 0.770. The fourth-order valence-corrected chi connectivity index (χ4v) is 3.04. The fraction of sp³-hybridized carbons (Fsp3) is 0.550. The van der Waals surface area contributed by atoms with Gasteiger partial charge in [-0.2, -0.15) is 0 Å². The molecular weight excluding hydrogens is 358 g/mol. The Bertz CT molecular complexity index is 684. The van der Waals surface area contributed by atoms with Crippen molar-refractivity contribution in [2.75, 3.05) is 52.9 Å². The maximum absolute atomic E-state index is 11.8. The molecule has 2 rings (SSSR count). The van der Waals surface area contributed by atoms with Gasteiger partial charge in [0.25, 0.3) is 5.91 Å². The van der Waals surface area contributed by atoms with Crippen LogP contribution in [0.1, 0.15) is 29.8 Å². The standard InChI is InChI=1S/C20H31N5O3/c1-4-22-19(24-11-13-25(14-12-24)20(27)28-5-2)23-10-9-16-7-6-8-17(15-16)18(26)21-3/h6-8,15H,4-5,9-14H2,1-3H3,(H,21,26)(H,22,23). The van der Waals surface area contributed by atoms with Crippen LogP contribution in [0.3, 0.4) is 0 Å². The van der Waals surface area contributed by atoms with Gasteiger partial charge < -0.3 is 25.2 Å². The number of piperazine rings is 1. The molecule has 0 aliphatic carbocycles. The van der Waals surface area contributed by atoms with Crippen LogP contribution in [0.4, 0.5) is 4.79 Å². The highest BCUT2D eigenvalue weighted by Gasteiger charge is 2.23. The van der Waals surface area contributed by atoms with Crippen LogP contribution in [-0.2, 0) is 11.2 Å². The number of rotatable bonds is 6. The first-order valence-corrected chi connectivity index (χ1v) is 9.85. The van der Waals surface area contributed by atoms with E-state index in [0.717, 1.165) is 37.6 Å². The lowest BCUT2D eigenvalue weighted by molar-refractivity contribution is 0.0913. The van der Waals surface area contributed by atoms with Gasteiger partial charge >= 0.3 is 6.09 Å². The number of hydrogen-bond acceptors (Lipinski definition) is 4. The molecule has 8 heteroatoms. The second-order valence-corrected chi connectivity index (χ2v) is 6.44. The average Bonchev–Trinajstić information content (AvgIpc) is 2.73. The molecule has 0 bridgehead atoms. The van der Waals surface area contributed by atoms with E-state index in [-0.39, 0.29) is 12.0 Å². The first-order valence-electron chi connectivity index (χ1n) is 9.85. The molecule has 2 N–H and O–H groups in total. The molecule has 0 saturated carbocycles. The van der Waals surface area contributed by atoms with Crippen molar-refractivity contribution in [3.63, 3.8) is 0 Å². The molecule has 0 atom stereocenters. The van der Waals surface area contributed by atoms with Crippen LogP contribution in [0.25, 0.3) is 0 Å². The van der Waals surface area contributed by atoms with Gasteiger partial charge in [-0.25, -0.2) is 4.79 Å². The van der Waals surface area contributed by atoms with Gasteiger partial charge in [0.05, 0.1) is 6.61 Å². The maximum Gasteiger partial charge on any atom is 0.409 e. The molecule has 1 aromatic carbocycles. The highest BCUT2D eigenvalue weighted by molar-refractivity contribution is 5.94. The minimum atomic E-state index is -0.250. The fourth-order valence-electron chi connectivity index (χ4n) is 3.04. The molecule has 1 aliphatic heterocycles. The van der Waals surface area contributed by atoms with Gasteiger partial charge in [0, 0.05) is 51.9 Å². The average molecular weight is 390 g/mol. The molecule has 1 aliphatic rings. The number of hydrogen-bond donors (Lipinski definition) is 2. The van der Waals surface area contributed by atoms with Crippen molar-refractivity contribution in [2.45, 2.75) is 20.3 Å². The van der Waals surface area contributed by atoms with Crippen molar-refractivity contribution in [3.05, 3.63) is 35.4 Å². The van der Waals surface area contributed by atoms with E-state index in [1.165, 1.54) is 0 Å². The lowest BCUT2D eigenvalue weighted by Crippen LogP contribution is -2.54. The van der Waals surface area contributed by atoms with Gasteiger partial charge in [-0.15, -0.1) is 0 Å². The number of benzene rings is 1. The Hall–Kier alpha value is -2.77. The molecule has 2 amide bonds. The molecule has 1 fully saturated rings. The Balaban J connectivity index is 1.92. The summed E-state index contributed by atoms with van der Waals surface area (Å²) in [6, 6.07) is 7.61. The Labute approximate surface area is 166 Å². The van der Waals surface area contributed by atoms with E-state index >= 15 is 0 Å². The lowest BCUT2D eigenvalue weighted by atomic mass is 10.1. The molecule has 154 valence electrons. The number of nitrogens with one attached hydrogen (secondary N) is 2. The quantitative estimate of drug-likeness (QED) is 0.566. The smallest absolute Gasteiger partial charge is 0.409 e. The predicted octanol–water partition coefficient (Wildman–Crippen LogP) is 1.33. The number of nitrogens with zero attached hydrogens (tertiary/aromatic N) is 3. The van der Waals surface area contributed by atoms with Gasteiger partial charge in [0.15, 0.2) is 5.96 Å². The van der Waals surface area contributed by atoms with Gasteiger partial charge in [0.2, 0.25) is 0 Å². The Morgan fingerprint density at radius 1 is 1.14 bits per heavy atom. The van der Waals surface area contributed by atoms with Gasteiger partial charge in [-0.3, -0.25) is 9.79 Å². The molecule has 1 saturated heterocycles. The van der Waals surface area contributed by atoms with E-state index in [0.29, 0.717) is 31.8 Å². The Kier molecular flexibility index (Phi) is 8.58. The number of aliphatic imine (C=N–C) groups is 1. The number of guanidine groups is 1. The van der Waals surface area contributed by atoms with E-state index in [2.05, 4.69) is 15.5 Å². The van der Waals surface area contributed by atoms with Crippen LogP contribution >= 0.6 is 0 Å². The molecule has 28 heavy (non-hydrogen) atoms. The Morgan fingerprint density at radius 2 is 1.86 bits per heavy atom. The van der Waals surface area contributed by atoms with Gasteiger partial charge in [0.1, 0.15) is 0 Å². The van der Waals surface area contributed by atoms with Crippen LogP contribution < -0.4 is 10.6 Å². The summed E-state index contributed by atoms with van der Waals surface area (Å²) in [7, 11) is 1.63. The highest BCUT2D eigenvalue weighted by atomic mass is 16.6. The minimum Gasteiger partial charge on any atom is -0.450 e. The second-order valence-electron chi connectivity index (χ2n) is 6.44. The zero-order chi connectivity index (χ0) is 20.4. The van der Waals surface area contributed by atoms with Crippen molar-refractivity contribution in [1.29, 1.82) is 0 Å². The van der Waals surface area contributed by atoms with Crippen LogP contribution in [0.15, 0.2) is 29.3 Å². The Morgan fingerprint density at radius 3 is 2.50 bits per heavy atom. The van der Waals surface area contributed by atoms with E-state index in [1.54, 1.807) is 18.0 Å². The molecule has 0 unspecified atom stereocenters. The lowest BCUT2D eigenvalue weighted by Gasteiger charge is -2.35. The van der Waals surface area contributed by atoms with Crippen LogP contribution in [0, 0.1) is 0 Å². The molecule has 0 radical (unpaired) electrons. The first kappa shape index (κ1) is 21.5. The molecule has 8 nitrogen and oxygen atoms in total. The van der Waals surface area contributed by atoms with E-state index in [1.807, 2.05) is 32.0 Å². The third-order valence-electron chi connectivity index (χ3n) is 4.52.